The highest BCUT2D eigenvalue weighted by atomic mass is 32.2. The molecule has 1 rings (SSSR count). The fraction of sp³-hybridized carbons (Fsp3) is 0.100. The lowest BCUT2D eigenvalue weighted by Gasteiger charge is -1.97. The van der Waals surface area contributed by atoms with Crippen LogP contribution in [-0.4, -0.2) is 5.12 Å². The van der Waals surface area contributed by atoms with Gasteiger partial charge in [-0.15, -0.1) is 6.58 Å². The van der Waals surface area contributed by atoms with Crippen LogP contribution in [0.4, 0.5) is 4.39 Å². The van der Waals surface area contributed by atoms with Crippen LogP contribution in [0.3, 0.4) is 0 Å². The van der Waals surface area contributed by atoms with Crippen molar-refractivity contribution in [2.24, 2.45) is 0 Å². The second-order valence-corrected chi connectivity index (χ2v) is 3.55. The Morgan fingerprint density at radius 2 is 2.08 bits per heavy atom. The normalized spacial score (nSPS) is 9.62. The van der Waals surface area contributed by atoms with Gasteiger partial charge in [-0.2, -0.15) is 0 Å². The molecular weight excluding hydrogens is 187 g/mol. The third-order valence-corrected chi connectivity index (χ3v) is 2.26. The standard InChI is InChI=1S/C10H9FOS/c1-2-3-10(12)13-9-6-4-8(11)5-7-9/h2,4-7H,1,3H2. The molecule has 0 saturated carbocycles. The van der Waals surface area contributed by atoms with Crippen molar-refractivity contribution in [1.82, 2.24) is 0 Å². The summed E-state index contributed by atoms with van der Waals surface area (Å²) >= 11 is 1.10. The van der Waals surface area contributed by atoms with E-state index in [1.54, 1.807) is 18.2 Å². The quantitative estimate of drug-likeness (QED) is 0.546. The van der Waals surface area contributed by atoms with Crippen LogP contribution >= 0.6 is 11.8 Å². The summed E-state index contributed by atoms with van der Waals surface area (Å²) in [6, 6.07) is 5.84. The van der Waals surface area contributed by atoms with Gasteiger partial charge in [0.1, 0.15) is 5.82 Å². The van der Waals surface area contributed by atoms with Crippen LogP contribution in [0.15, 0.2) is 41.8 Å². The first kappa shape index (κ1) is 9.99. The van der Waals surface area contributed by atoms with Gasteiger partial charge in [0.05, 0.1) is 0 Å². The van der Waals surface area contributed by atoms with Crippen molar-refractivity contribution in [1.29, 1.82) is 0 Å². The number of hydrogen-bond donors (Lipinski definition) is 0. The van der Waals surface area contributed by atoms with E-state index in [1.807, 2.05) is 0 Å². The number of allylic oxidation sites excluding steroid dienone is 1. The maximum Gasteiger partial charge on any atom is 0.197 e. The molecule has 0 atom stereocenters. The second kappa shape index (κ2) is 4.82. The number of benzene rings is 1. The molecule has 0 aliphatic heterocycles. The van der Waals surface area contributed by atoms with Crippen LogP contribution in [0.25, 0.3) is 0 Å². The predicted octanol–water partition coefficient (Wildman–Crippen LogP) is 3.02. The zero-order chi connectivity index (χ0) is 9.68. The molecule has 0 aliphatic carbocycles. The molecule has 13 heavy (non-hydrogen) atoms. The molecule has 1 aromatic rings. The lowest BCUT2D eigenvalue weighted by Crippen LogP contribution is -1.87. The van der Waals surface area contributed by atoms with Gasteiger partial charge < -0.3 is 0 Å². The molecule has 0 bridgehead atoms. The molecule has 0 saturated heterocycles. The summed E-state index contributed by atoms with van der Waals surface area (Å²) in [5.41, 5.74) is 0. The molecule has 1 aromatic carbocycles. The highest BCUT2D eigenvalue weighted by molar-refractivity contribution is 8.13. The van der Waals surface area contributed by atoms with Crippen LogP contribution in [0, 0.1) is 5.82 Å². The Kier molecular flexibility index (Phi) is 3.71. The molecule has 0 radical (unpaired) electrons. The highest BCUT2D eigenvalue weighted by Gasteiger charge is 2.01. The van der Waals surface area contributed by atoms with E-state index in [0.717, 1.165) is 16.7 Å². The molecule has 0 unspecified atom stereocenters. The molecule has 0 aromatic heterocycles. The molecule has 0 N–H and O–H groups in total. The Bertz CT molecular complexity index is 305. The minimum absolute atomic E-state index is 0.0154. The first-order valence-corrected chi connectivity index (χ1v) is 4.61. The van der Waals surface area contributed by atoms with Gasteiger partial charge in [0, 0.05) is 11.3 Å². The molecule has 0 spiro atoms. The van der Waals surface area contributed by atoms with E-state index < -0.39 is 0 Å². The largest absolute Gasteiger partial charge is 0.286 e. The Hall–Kier alpha value is -1.09. The van der Waals surface area contributed by atoms with Crippen LogP contribution < -0.4 is 0 Å². The second-order valence-electron chi connectivity index (χ2n) is 2.42. The van der Waals surface area contributed by atoms with Gasteiger partial charge >= 0.3 is 0 Å². The van der Waals surface area contributed by atoms with Gasteiger partial charge in [-0.05, 0) is 24.3 Å². The zero-order valence-corrected chi connectivity index (χ0v) is 7.81. The van der Waals surface area contributed by atoms with Crippen LogP contribution in [-0.2, 0) is 4.79 Å². The Balaban J connectivity index is 2.59. The van der Waals surface area contributed by atoms with E-state index in [9.17, 15) is 9.18 Å². The van der Waals surface area contributed by atoms with Crippen LogP contribution in [0.1, 0.15) is 6.42 Å². The van der Waals surface area contributed by atoms with Gasteiger partial charge in [-0.3, -0.25) is 4.79 Å². The van der Waals surface area contributed by atoms with Crippen molar-refractivity contribution in [2.45, 2.75) is 11.3 Å². The fourth-order valence-corrected chi connectivity index (χ4v) is 1.53. The molecule has 0 amide bonds. The van der Waals surface area contributed by atoms with Gasteiger partial charge in [0.2, 0.25) is 0 Å². The zero-order valence-electron chi connectivity index (χ0n) is 7.00. The Morgan fingerprint density at radius 1 is 1.46 bits per heavy atom. The summed E-state index contributed by atoms with van der Waals surface area (Å²) in [6.45, 7) is 3.46. The molecular formula is C10H9FOS. The third kappa shape index (κ3) is 3.42. The van der Waals surface area contributed by atoms with Crippen molar-refractivity contribution in [3.8, 4) is 0 Å². The Labute approximate surface area is 80.7 Å². The van der Waals surface area contributed by atoms with Crippen molar-refractivity contribution in [3.63, 3.8) is 0 Å². The van der Waals surface area contributed by atoms with Crippen LogP contribution in [0.5, 0.6) is 0 Å². The summed E-state index contributed by atoms with van der Waals surface area (Å²) in [5.74, 6) is -0.291. The molecule has 3 heteroatoms. The molecule has 0 heterocycles. The first-order chi connectivity index (χ1) is 6.22. The van der Waals surface area contributed by atoms with E-state index in [-0.39, 0.29) is 10.9 Å². The SMILES string of the molecule is C=CCC(=O)Sc1ccc(F)cc1. The summed E-state index contributed by atoms with van der Waals surface area (Å²) in [6.07, 6.45) is 1.89. The maximum absolute atomic E-state index is 12.5. The minimum Gasteiger partial charge on any atom is -0.286 e. The third-order valence-electron chi connectivity index (χ3n) is 1.36. The summed E-state index contributed by atoms with van der Waals surface area (Å²) in [7, 11) is 0. The summed E-state index contributed by atoms with van der Waals surface area (Å²) in [5, 5.41) is 0.0154. The monoisotopic (exact) mass is 196 g/mol. The average molecular weight is 196 g/mol. The summed E-state index contributed by atoms with van der Waals surface area (Å²) in [4.78, 5) is 11.9. The molecule has 1 nitrogen and oxygen atoms in total. The van der Waals surface area contributed by atoms with Gasteiger partial charge in [0.15, 0.2) is 5.12 Å². The van der Waals surface area contributed by atoms with Crippen molar-refractivity contribution in [3.05, 3.63) is 42.7 Å². The van der Waals surface area contributed by atoms with E-state index in [0.29, 0.717) is 6.42 Å². The van der Waals surface area contributed by atoms with Crippen molar-refractivity contribution >= 4 is 16.9 Å². The van der Waals surface area contributed by atoms with Gasteiger partial charge in [-0.25, -0.2) is 4.39 Å². The van der Waals surface area contributed by atoms with E-state index in [1.165, 1.54) is 12.1 Å². The lowest BCUT2D eigenvalue weighted by molar-refractivity contribution is -0.110. The highest BCUT2D eigenvalue weighted by Crippen LogP contribution is 2.20. The number of halogens is 1. The van der Waals surface area contributed by atoms with E-state index >= 15 is 0 Å². The average Bonchev–Trinajstić information content (AvgIpc) is 2.09. The van der Waals surface area contributed by atoms with Crippen molar-refractivity contribution in [2.75, 3.05) is 0 Å². The minimum atomic E-state index is -0.291. The first-order valence-electron chi connectivity index (χ1n) is 3.79. The fourth-order valence-electron chi connectivity index (χ4n) is 0.794. The number of thioether (sulfide) groups is 1. The number of carbonyl (C=O) groups is 1. The maximum atomic E-state index is 12.5. The number of hydrogen-bond acceptors (Lipinski definition) is 2. The van der Waals surface area contributed by atoms with Crippen LogP contribution in [0.2, 0.25) is 0 Å². The molecule has 0 aliphatic rings. The topological polar surface area (TPSA) is 17.1 Å². The predicted molar refractivity (Wildman–Crippen MR) is 52.1 cm³/mol. The van der Waals surface area contributed by atoms with Gasteiger partial charge in [0.25, 0.3) is 0 Å². The summed E-state index contributed by atoms with van der Waals surface area (Å²) < 4.78 is 12.5. The van der Waals surface area contributed by atoms with E-state index in [4.69, 9.17) is 0 Å². The Morgan fingerprint density at radius 3 is 2.62 bits per heavy atom. The van der Waals surface area contributed by atoms with E-state index in [2.05, 4.69) is 6.58 Å². The molecule has 0 fully saturated rings. The molecule has 68 valence electrons. The number of rotatable bonds is 3. The van der Waals surface area contributed by atoms with Gasteiger partial charge in [-0.1, -0.05) is 17.8 Å². The van der Waals surface area contributed by atoms with Crippen molar-refractivity contribution < 1.29 is 9.18 Å². The number of carbonyl (C=O) groups excluding carboxylic acids is 1. The smallest absolute Gasteiger partial charge is 0.197 e. The lowest BCUT2D eigenvalue weighted by atomic mass is 10.4.